The van der Waals surface area contributed by atoms with E-state index < -0.39 is 0 Å². The monoisotopic (exact) mass is 266 g/mol. The second-order valence-electron chi connectivity index (χ2n) is 3.90. The molecule has 0 saturated heterocycles. The van der Waals surface area contributed by atoms with Gasteiger partial charge < -0.3 is 14.9 Å². The highest BCUT2D eigenvalue weighted by molar-refractivity contribution is 6.32. The molecule has 2 N–H and O–H groups in total. The molecule has 96 valence electrons. The summed E-state index contributed by atoms with van der Waals surface area (Å²) in [7, 11) is 1.58. The molecule has 2 aromatic rings. The lowest BCUT2D eigenvalue weighted by Crippen LogP contribution is -2.02. The molecular formula is C13H15ClN2O2. The normalized spacial score (nSPS) is 10.7. The third kappa shape index (κ3) is 2.49. The molecule has 1 aromatic carbocycles. The molecule has 0 aliphatic rings. The summed E-state index contributed by atoms with van der Waals surface area (Å²) in [6.07, 6.45) is 0.630. The van der Waals surface area contributed by atoms with Crippen molar-refractivity contribution >= 4 is 11.6 Å². The zero-order chi connectivity index (χ0) is 13.1. The summed E-state index contributed by atoms with van der Waals surface area (Å²) in [5.41, 5.74) is 7.19. The first-order valence-corrected chi connectivity index (χ1v) is 6.03. The molecule has 0 unspecified atom stereocenters. The van der Waals surface area contributed by atoms with E-state index in [0.29, 0.717) is 29.6 Å². The number of benzene rings is 1. The molecule has 18 heavy (non-hydrogen) atoms. The van der Waals surface area contributed by atoms with E-state index in [-0.39, 0.29) is 0 Å². The van der Waals surface area contributed by atoms with Crippen LogP contribution in [0.15, 0.2) is 22.6 Å². The summed E-state index contributed by atoms with van der Waals surface area (Å²) >= 11 is 6.10. The van der Waals surface area contributed by atoms with Crippen molar-refractivity contribution in [3.05, 3.63) is 34.9 Å². The summed E-state index contributed by atoms with van der Waals surface area (Å²) in [6.45, 7) is 2.39. The highest BCUT2D eigenvalue weighted by Gasteiger charge is 2.12. The van der Waals surface area contributed by atoms with Gasteiger partial charge >= 0.3 is 0 Å². The van der Waals surface area contributed by atoms with Crippen LogP contribution in [0.3, 0.4) is 0 Å². The van der Waals surface area contributed by atoms with E-state index in [1.807, 2.05) is 25.1 Å². The molecule has 4 nitrogen and oxygen atoms in total. The van der Waals surface area contributed by atoms with Crippen molar-refractivity contribution in [2.75, 3.05) is 13.7 Å². The van der Waals surface area contributed by atoms with E-state index in [9.17, 15) is 0 Å². The van der Waals surface area contributed by atoms with Gasteiger partial charge in [-0.1, -0.05) is 11.6 Å². The molecule has 1 heterocycles. The highest BCUT2D eigenvalue weighted by atomic mass is 35.5. The van der Waals surface area contributed by atoms with Gasteiger partial charge in [0.2, 0.25) is 0 Å². The molecule has 0 radical (unpaired) electrons. The number of halogens is 1. The minimum absolute atomic E-state index is 0.517. The number of hydrogen-bond acceptors (Lipinski definition) is 4. The zero-order valence-corrected chi connectivity index (χ0v) is 11.1. The number of rotatable bonds is 4. The Hall–Kier alpha value is -1.52. The van der Waals surface area contributed by atoms with E-state index in [4.69, 9.17) is 26.5 Å². The van der Waals surface area contributed by atoms with Gasteiger partial charge in [-0.2, -0.15) is 0 Å². The van der Waals surface area contributed by atoms with Gasteiger partial charge in [-0.25, -0.2) is 4.98 Å². The number of methoxy groups -OCH3 is 1. The molecule has 0 bridgehead atoms. The van der Waals surface area contributed by atoms with Crippen molar-refractivity contribution in [2.45, 2.75) is 13.3 Å². The fraction of sp³-hybridized carbons (Fsp3) is 0.308. The molecular weight excluding hydrogens is 252 g/mol. The molecule has 0 fully saturated rings. The number of aromatic nitrogens is 1. The van der Waals surface area contributed by atoms with E-state index in [1.165, 1.54) is 0 Å². The third-order valence-corrected chi connectivity index (χ3v) is 2.92. The maximum absolute atomic E-state index is 6.10. The number of hydrogen-bond donors (Lipinski definition) is 1. The summed E-state index contributed by atoms with van der Waals surface area (Å²) in [5.74, 6) is 2.06. The van der Waals surface area contributed by atoms with Crippen molar-refractivity contribution in [3.8, 4) is 17.0 Å². The van der Waals surface area contributed by atoms with Gasteiger partial charge in [0.05, 0.1) is 12.1 Å². The smallest absolute Gasteiger partial charge is 0.196 e. The second kappa shape index (κ2) is 5.42. The van der Waals surface area contributed by atoms with Crippen molar-refractivity contribution in [2.24, 2.45) is 5.73 Å². The Bertz CT molecular complexity index is 552. The average molecular weight is 267 g/mol. The number of aryl methyl sites for hydroxylation is 1. The minimum atomic E-state index is 0.517. The highest BCUT2D eigenvalue weighted by Crippen LogP contribution is 2.31. The Morgan fingerprint density at radius 1 is 1.44 bits per heavy atom. The first-order chi connectivity index (χ1) is 8.65. The van der Waals surface area contributed by atoms with Gasteiger partial charge in [0.1, 0.15) is 17.2 Å². The number of nitrogens with zero attached hydrogens (tertiary/aromatic N) is 1. The van der Waals surface area contributed by atoms with Crippen molar-refractivity contribution < 1.29 is 9.15 Å². The summed E-state index contributed by atoms with van der Waals surface area (Å²) in [5, 5.41) is 0.553. The van der Waals surface area contributed by atoms with Gasteiger partial charge in [-0.3, -0.25) is 0 Å². The van der Waals surface area contributed by atoms with E-state index in [0.717, 1.165) is 17.0 Å². The Labute approximate surface area is 111 Å². The largest absolute Gasteiger partial charge is 0.495 e. The molecule has 1 aromatic heterocycles. The molecule has 0 aliphatic carbocycles. The first kappa shape index (κ1) is 12.9. The van der Waals surface area contributed by atoms with Crippen molar-refractivity contribution in [3.63, 3.8) is 0 Å². The van der Waals surface area contributed by atoms with Crippen LogP contribution < -0.4 is 10.5 Å². The Kier molecular flexibility index (Phi) is 3.89. The van der Waals surface area contributed by atoms with Crippen molar-refractivity contribution in [1.82, 2.24) is 4.98 Å². The first-order valence-electron chi connectivity index (χ1n) is 5.66. The van der Waals surface area contributed by atoms with Crippen LogP contribution in [0.25, 0.3) is 11.3 Å². The third-order valence-electron chi connectivity index (χ3n) is 2.62. The standard InChI is InChI=1S/C13H15ClN2O2/c1-8-13(16-12(18-8)5-6-15)9-3-4-11(17-2)10(14)7-9/h3-4,7H,5-6,15H2,1-2H3. The molecule has 0 spiro atoms. The van der Waals surface area contributed by atoms with Gasteiger partial charge in [0.15, 0.2) is 5.89 Å². The second-order valence-corrected chi connectivity index (χ2v) is 4.31. The van der Waals surface area contributed by atoms with E-state index in [2.05, 4.69) is 4.98 Å². The van der Waals surface area contributed by atoms with E-state index >= 15 is 0 Å². The van der Waals surface area contributed by atoms with Crippen LogP contribution in [-0.2, 0) is 6.42 Å². The summed E-state index contributed by atoms with van der Waals surface area (Å²) in [4.78, 5) is 4.42. The van der Waals surface area contributed by atoms with Gasteiger partial charge in [-0.15, -0.1) is 0 Å². The molecule has 5 heteroatoms. The number of ether oxygens (including phenoxy) is 1. The summed E-state index contributed by atoms with van der Waals surface area (Å²) < 4.78 is 10.7. The SMILES string of the molecule is COc1ccc(-c2nc(CCN)oc2C)cc1Cl. The van der Waals surface area contributed by atoms with Crippen LogP contribution in [0.5, 0.6) is 5.75 Å². The van der Waals surface area contributed by atoms with E-state index in [1.54, 1.807) is 7.11 Å². The molecule has 0 amide bonds. The molecule has 0 atom stereocenters. The van der Waals surface area contributed by atoms with Crippen LogP contribution in [0, 0.1) is 6.92 Å². The molecule has 0 aliphatic heterocycles. The predicted molar refractivity (Wildman–Crippen MR) is 71.0 cm³/mol. The maximum atomic E-state index is 6.10. The lowest BCUT2D eigenvalue weighted by molar-refractivity contribution is 0.415. The van der Waals surface area contributed by atoms with Crippen molar-refractivity contribution in [1.29, 1.82) is 0 Å². The Balaban J connectivity index is 2.39. The molecule has 2 rings (SSSR count). The molecule has 0 saturated carbocycles. The predicted octanol–water partition coefficient (Wildman–Crippen LogP) is 2.81. The van der Waals surface area contributed by atoms with Crippen LogP contribution in [0.1, 0.15) is 11.7 Å². The van der Waals surface area contributed by atoms with Crippen LogP contribution in [0.2, 0.25) is 5.02 Å². The lowest BCUT2D eigenvalue weighted by atomic mass is 10.1. The Morgan fingerprint density at radius 3 is 2.83 bits per heavy atom. The van der Waals surface area contributed by atoms with Gasteiger partial charge in [0.25, 0.3) is 0 Å². The Morgan fingerprint density at radius 2 is 2.22 bits per heavy atom. The number of nitrogens with two attached hydrogens (primary N) is 1. The van der Waals surface area contributed by atoms with Gasteiger partial charge in [-0.05, 0) is 25.1 Å². The minimum Gasteiger partial charge on any atom is -0.495 e. The summed E-state index contributed by atoms with van der Waals surface area (Å²) in [6, 6.07) is 5.54. The van der Waals surface area contributed by atoms with Crippen LogP contribution >= 0.6 is 11.6 Å². The average Bonchev–Trinajstić information content (AvgIpc) is 2.71. The maximum Gasteiger partial charge on any atom is 0.196 e. The fourth-order valence-electron chi connectivity index (χ4n) is 1.76. The van der Waals surface area contributed by atoms with Gasteiger partial charge in [0, 0.05) is 18.5 Å². The number of oxazole rings is 1. The lowest BCUT2D eigenvalue weighted by Gasteiger charge is -2.04. The van der Waals surface area contributed by atoms with Crippen LogP contribution in [0.4, 0.5) is 0 Å². The fourth-order valence-corrected chi connectivity index (χ4v) is 2.02. The van der Waals surface area contributed by atoms with Crippen LogP contribution in [-0.4, -0.2) is 18.6 Å². The topological polar surface area (TPSA) is 61.3 Å². The zero-order valence-electron chi connectivity index (χ0n) is 10.4. The quantitative estimate of drug-likeness (QED) is 0.924.